The first-order valence-electron chi connectivity index (χ1n) is 11.1. The molecular formula is C25H19F4N7O. The van der Waals surface area contributed by atoms with Gasteiger partial charge in [-0.15, -0.1) is 0 Å². The number of nitrogens with one attached hydrogen (secondary N) is 1. The first-order chi connectivity index (χ1) is 17.7. The van der Waals surface area contributed by atoms with Crippen molar-refractivity contribution in [3.63, 3.8) is 0 Å². The van der Waals surface area contributed by atoms with Crippen LogP contribution in [0.25, 0.3) is 28.3 Å². The zero-order valence-corrected chi connectivity index (χ0v) is 19.6. The van der Waals surface area contributed by atoms with Crippen LogP contribution in [-0.4, -0.2) is 41.5 Å². The highest BCUT2D eigenvalue weighted by Gasteiger charge is 2.22. The van der Waals surface area contributed by atoms with Crippen LogP contribution in [0, 0.1) is 25.6 Å². The molecule has 5 aromatic rings. The molecule has 0 aliphatic heterocycles. The third-order valence-electron chi connectivity index (χ3n) is 5.70. The van der Waals surface area contributed by atoms with E-state index in [2.05, 4.69) is 25.4 Å². The van der Waals surface area contributed by atoms with Crippen molar-refractivity contribution in [1.82, 2.24) is 29.1 Å². The summed E-state index contributed by atoms with van der Waals surface area (Å²) < 4.78 is 56.9. The summed E-state index contributed by atoms with van der Waals surface area (Å²) >= 11 is 0. The van der Waals surface area contributed by atoms with Gasteiger partial charge in [0, 0.05) is 23.4 Å². The van der Waals surface area contributed by atoms with E-state index in [4.69, 9.17) is 0 Å². The van der Waals surface area contributed by atoms with Crippen LogP contribution >= 0.6 is 0 Å². The second-order valence-electron chi connectivity index (χ2n) is 8.29. The van der Waals surface area contributed by atoms with E-state index in [1.165, 1.54) is 39.7 Å². The molecule has 4 aromatic heterocycles. The number of amides is 1. The van der Waals surface area contributed by atoms with Gasteiger partial charge in [-0.2, -0.15) is 9.49 Å². The molecule has 0 atom stereocenters. The van der Waals surface area contributed by atoms with Gasteiger partial charge in [0.25, 0.3) is 12.3 Å². The molecule has 8 nitrogen and oxygen atoms in total. The number of fused-ring (bicyclic) bond motifs is 1. The van der Waals surface area contributed by atoms with Gasteiger partial charge >= 0.3 is 0 Å². The number of halogens is 4. The number of alkyl halides is 2. The van der Waals surface area contributed by atoms with Crippen molar-refractivity contribution in [2.24, 2.45) is 0 Å². The van der Waals surface area contributed by atoms with Gasteiger partial charge in [-0.3, -0.25) is 4.79 Å². The van der Waals surface area contributed by atoms with E-state index in [1.54, 1.807) is 32.0 Å². The molecule has 0 spiro atoms. The fraction of sp³-hybridized carbons (Fsp3) is 0.160. The van der Waals surface area contributed by atoms with Gasteiger partial charge in [0.2, 0.25) is 5.95 Å². The van der Waals surface area contributed by atoms with Crippen molar-refractivity contribution in [3.05, 3.63) is 83.6 Å². The number of hydrogen-bond donors (Lipinski definition) is 1. The summed E-state index contributed by atoms with van der Waals surface area (Å²) in [6.07, 6.45) is -0.0327. The Morgan fingerprint density at radius 3 is 2.59 bits per heavy atom. The quantitative estimate of drug-likeness (QED) is 0.255. The average molecular weight is 509 g/mol. The Kier molecular flexibility index (Phi) is 6.15. The van der Waals surface area contributed by atoms with Crippen LogP contribution in [0.4, 0.5) is 23.4 Å². The first-order valence-corrected chi connectivity index (χ1v) is 11.1. The summed E-state index contributed by atoms with van der Waals surface area (Å²) in [7, 11) is 0. The Morgan fingerprint density at radius 2 is 1.86 bits per heavy atom. The maximum Gasteiger partial charge on any atom is 0.257 e. The molecule has 188 valence electrons. The van der Waals surface area contributed by atoms with Crippen LogP contribution in [0.15, 0.2) is 54.9 Å². The monoisotopic (exact) mass is 509 g/mol. The fourth-order valence-corrected chi connectivity index (χ4v) is 3.98. The molecule has 0 saturated carbocycles. The van der Waals surface area contributed by atoms with Crippen LogP contribution in [0.1, 0.15) is 21.7 Å². The van der Waals surface area contributed by atoms with Crippen LogP contribution in [-0.2, 0) is 6.54 Å². The highest BCUT2D eigenvalue weighted by molar-refractivity contribution is 6.03. The molecule has 1 N–H and O–H groups in total. The molecule has 1 aromatic carbocycles. The topological polar surface area (TPSA) is 90.0 Å². The van der Waals surface area contributed by atoms with E-state index < -0.39 is 30.6 Å². The number of aromatic nitrogens is 6. The van der Waals surface area contributed by atoms with Crippen molar-refractivity contribution in [2.75, 3.05) is 5.32 Å². The molecule has 0 bridgehead atoms. The predicted octanol–water partition coefficient (Wildman–Crippen LogP) is 5.07. The van der Waals surface area contributed by atoms with Crippen LogP contribution < -0.4 is 5.32 Å². The lowest BCUT2D eigenvalue weighted by molar-refractivity contribution is 0.102. The van der Waals surface area contributed by atoms with Crippen LogP contribution in [0.2, 0.25) is 0 Å². The molecule has 0 aliphatic rings. The van der Waals surface area contributed by atoms with E-state index in [9.17, 15) is 22.4 Å². The van der Waals surface area contributed by atoms with Gasteiger partial charge in [0.1, 0.15) is 17.3 Å². The molecule has 0 aliphatic carbocycles. The fourth-order valence-electron chi connectivity index (χ4n) is 3.98. The second kappa shape index (κ2) is 9.45. The number of carbonyl (C=O) groups is 1. The molecule has 0 radical (unpaired) electrons. The van der Waals surface area contributed by atoms with E-state index in [0.29, 0.717) is 39.7 Å². The number of imidazole rings is 2. The lowest BCUT2D eigenvalue weighted by Gasteiger charge is -2.11. The van der Waals surface area contributed by atoms with Gasteiger partial charge in [0.15, 0.2) is 11.5 Å². The highest BCUT2D eigenvalue weighted by atomic mass is 19.3. The molecule has 0 unspecified atom stereocenters. The number of hydrogen-bond acceptors (Lipinski definition) is 5. The Morgan fingerprint density at radius 1 is 1.05 bits per heavy atom. The van der Waals surface area contributed by atoms with Crippen molar-refractivity contribution >= 4 is 17.4 Å². The van der Waals surface area contributed by atoms with Crippen molar-refractivity contribution < 1.29 is 22.4 Å². The standard InChI is InChI=1S/C25H19F4N7O/c1-13-9-15(3-4-17(13)26)23-24(35(11-19(27)28)14(2)31-23)18-5-6-22-32-21(12-36(22)34-18)33-25(37)16-7-8-30-20(29)10-16/h3-10,12,19H,11H2,1-2H3,(H,33,37). The summed E-state index contributed by atoms with van der Waals surface area (Å²) in [5.74, 6) is -1.28. The maximum atomic E-state index is 13.9. The Balaban J connectivity index is 1.56. The summed E-state index contributed by atoms with van der Waals surface area (Å²) in [5.41, 5.74) is 2.39. The molecule has 0 fully saturated rings. The van der Waals surface area contributed by atoms with Gasteiger partial charge in [-0.1, -0.05) is 0 Å². The van der Waals surface area contributed by atoms with Gasteiger partial charge < -0.3 is 9.88 Å². The highest BCUT2D eigenvalue weighted by Crippen LogP contribution is 2.33. The Hall–Kier alpha value is -4.61. The number of nitrogens with zero attached hydrogens (tertiary/aromatic N) is 6. The third kappa shape index (κ3) is 4.77. The number of benzene rings is 1. The summed E-state index contributed by atoms with van der Waals surface area (Å²) in [6, 6.07) is 9.99. The minimum Gasteiger partial charge on any atom is -0.321 e. The van der Waals surface area contributed by atoms with Crippen LogP contribution in [0.3, 0.4) is 0 Å². The predicted molar refractivity (Wildman–Crippen MR) is 127 cm³/mol. The summed E-state index contributed by atoms with van der Waals surface area (Å²) in [4.78, 5) is 24.7. The van der Waals surface area contributed by atoms with Gasteiger partial charge in [0.05, 0.1) is 24.1 Å². The zero-order chi connectivity index (χ0) is 26.3. The molecule has 5 rings (SSSR count). The van der Waals surface area contributed by atoms with Crippen LogP contribution in [0.5, 0.6) is 0 Å². The lowest BCUT2D eigenvalue weighted by Crippen LogP contribution is -2.12. The van der Waals surface area contributed by atoms with Crippen molar-refractivity contribution in [3.8, 4) is 22.6 Å². The van der Waals surface area contributed by atoms with E-state index in [1.807, 2.05) is 0 Å². The molecule has 1 amide bonds. The lowest BCUT2D eigenvalue weighted by atomic mass is 10.1. The molecular weight excluding hydrogens is 490 g/mol. The molecule has 12 heteroatoms. The average Bonchev–Trinajstić information content (AvgIpc) is 3.40. The molecule has 0 saturated heterocycles. The summed E-state index contributed by atoms with van der Waals surface area (Å²) in [5, 5.41) is 7.09. The van der Waals surface area contributed by atoms with Gasteiger partial charge in [-0.05, 0) is 55.8 Å². The first kappa shape index (κ1) is 24.1. The summed E-state index contributed by atoms with van der Waals surface area (Å²) in [6.45, 7) is 2.60. The Labute approximate surface area is 207 Å². The third-order valence-corrected chi connectivity index (χ3v) is 5.70. The smallest absolute Gasteiger partial charge is 0.257 e. The minimum atomic E-state index is -2.65. The number of pyridine rings is 1. The second-order valence-corrected chi connectivity index (χ2v) is 8.29. The number of rotatable bonds is 6. The Bertz CT molecular complexity index is 1640. The number of anilines is 1. The zero-order valence-electron chi connectivity index (χ0n) is 19.6. The number of aryl methyl sites for hydroxylation is 2. The van der Waals surface area contributed by atoms with Gasteiger partial charge in [-0.25, -0.2) is 32.6 Å². The normalized spacial score (nSPS) is 11.4. The SMILES string of the molecule is Cc1cc(-c2nc(C)n(CC(F)F)c2-c2ccc3nc(NC(=O)c4ccnc(F)c4)cn3n2)ccc1F. The molecule has 37 heavy (non-hydrogen) atoms. The van der Waals surface area contributed by atoms with E-state index in [0.717, 1.165) is 6.07 Å². The van der Waals surface area contributed by atoms with Crippen molar-refractivity contribution in [1.29, 1.82) is 0 Å². The largest absolute Gasteiger partial charge is 0.321 e. The number of carbonyl (C=O) groups excluding carboxylic acids is 1. The molecule has 4 heterocycles. The minimum absolute atomic E-state index is 0.0591. The van der Waals surface area contributed by atoms with Crippen molar-refractivity contribution in [2.45, 2.75) is 26.8 Å². The van der Waals surface area contributed by atoms with E-state index >= 15 is 0 Å². The van der Waals surface area contributed by atoms with E-state index in [-0.39, 0.29) is 11.4 Å². The maximum absolute atomic E-state index is 13.9.